The largest absolute Gasteiger partial charge is 0.355 e. The minimum Gasteiger partial charge on any atom is -0.355 e. The van der Waals surface area contributed by atoms with E-state index in [9.17, 15) is 9.59 Å². The number of nitrogens with one attached hydrogen (secondary N) is 2. The van der Waals surface area contributed by atoms with Crippen LogP contribution in [0.3, 0.4) is 0 Å². The zero-order valence-corrected chi connectivity index (χ0v) is 32.2. The second-order valence-electron chi connectivity index (χ2n) is 13.6. The molecule has 0 radical (unpaired) electrons. The number of amides is 2. The third kappa shape index (κ3) is 9.33. The van der Waals surface area contributed by atoms with Gasteiger partial charge in [-0.1, -0.05) is 129 Å². The van der Waals surface area contributed by atoms with E-state index in [0.717, 1.165) is 62.1 Å². The summed E-state index contributed by atoms with van der Waals surface area (Å²) in [5, 5.41) is 6.61. The highest BCUT2D eigenvalue weighted by Gasteiger charge is 2.48. The average molecular weight is 679 g/mol. The van der Waals surface area contributed by atoms with E-state index in [0.29, 0.717) is 12.1 Å². The fourth-order valence-electron chi connectivity index (χ4n) is 6.98. The third-order valence-electron chi connectivity index (χ3n) is 9.15. The molecule has 0 bridgehead atoms. The van der Waals surface area contributed by atoms with Crippen molar-refractivity contribution in [3.8, 4) is 16.8 Å². The molecule has 6 heteroatoms. The first kappa shape index (κ1) is 40.3. The van der Waals surface area contributed by atoms with Gasteiger partial charge in [0.15, 0.2) is 0 Å². The van der Waals surface area contributed by atoms with E-state index in [1.165, 1.54) is 11.1 Å². The number of hydrogen-bond acceptors (Lipinski definition) is 3. The molecule has 4 aromatic rings. The van der Waals surface area contributed by atoms with E-state index >= 15 is 0 Å². The molecule has 1 saturated heterocycles. The number of unbranched alkanes of at least 4 members (excludes halogenated alkanes) is 1. The van der Waals surface area contributed by atoms with Gasteiger partial charge in [0.05, 0.1) is 11.3 Å². The van der Waals surface area contributed by atoms with Gasteiger partial charge in [0.1, 0.15) is 5.41 Å². The number of aromatic nitrogens is 1. The molecule has 0 spiro atoms. The monoisotopic (exact) mass is 678 g/mol. The molecule has 1 fully saturated rings. The van der Waals surface area contributed by atoms with Crippen molar-refractivity contribution < 1.29 is 9.59 Å². The Hall–Kier alpha value is -4.16. The van der Waals surface area contributed by atoms with Gasteiger partial charge in [0, 0.05) is 38.1 Å². The van der Waals surface area contributed by atoms with Crippen molar-refractivity contribution in [2.75, 3.05) is 26.2 Å². The Morgan fingerprint density at radius 3 is 1.92 bits per heavy atom. The molecule has 1 atom stereocenters. The van der Waals surface area contributed by atoms with Crippen LogP contribution in [-0.2, 0) is 10.2 Å². The SMILES string of the molecule is CC.CC.CC.CC(C)(C)CNC(=O)C1(CCCCN2CCC(NC(=O)c3ccccc3-n3cccc3)C2)c2ccccc2-c2ccccc21. The topological polar surface area (TPSA) is 66.4 Å². The van der Waals surface area contributed by atoms with Crippen LogP contribution in [0.25, 0.3) is 16.8 Å². The number of likely N-dealkylation sites (tertiary alicyclic amines) is 1. The van der Waals surface area contributed by atoms with Crippen molar-refractivity contribution in [2.24, 2.45) is 5.41 Å². The van der Waals surface area contributed by atoms with Crippen molar-refractivity contribution >= 4 is 11.8 Å². The van der Waals surface area contributed by atoms with Crippen LogP contribution in [0.2, 0.25) is 0 Å². The van der Waals surface area contributed by atoms with Gasteiger partial charge in [-0.2, -0.15) is 0 Å². The molecule has 1 unspecified atom stereocenters. The Morgan fingerprint density at radius 1 is 0.760 bits per heavy atom. The van der Waals surface area contributed by atoms with E-state index in [4.69, 9.17) is 0 Å². The molecule has 2 amide bonds. The first-order chi connectivity index (χ1) is 24.3. The van der Waals surface area contributed by atoms with E-state index in [1.54, 1.807) is 0 Å². The molecule has 270 valence electrons. The maximum atomic E-state index is 14.2. The summed E-state index contributed by atoms with van der Waals surface area (Å²) in [5.74, 6) is 0.0805. The average Bonchev–Trinajstić information content (AvgIpc) is 3.91. The third-order valence-corrected chi connectivity index (χ3v) is 9.15. The molecule has 2 aliphatic rings. The molecule has 50 heavy (non-hydrogen) atoms. The Morgan fingerprint density at radius 2 is 1.32 bits per heavy atom. The summed E-state index contributed by atoms with van der Waals surface area (Å²) in [6.45, 7) is 21.9. The van der Waals surface area contributed by atoms with Gasteiger partial charge in [-0.3, -0.25) is 9.59 Å². The number of carbonyl (C=O) groups excluding carboxylic acids is 2. The van der Waals surface area contributed by atoms with Gasteiger partial charge in [-0.05, 0) is 77.7 Å². The number of carbonyl (C=O) groups is 2. The van der Waals surface area contributed by atoms with Gasteiger partial charge in [-0.15, -0.1) is 0 Å². The van der Waals surface area contributed by atoms with Gasteiger partial charge < -0.3 is 20.1 Å². The number of benzene rings is 3. The quantitative estimate of drug-likeness (QED) is 0.164. The van der Waals surface area contributed by atoms with Crippen molar-refractivity contribution in [2.45, 2.75) is 99.5 Å². The Bertz CT molecular complexity index is 1570. The van der Waals surface area contributed by atoms with E-state index in [2.05, 4.69) is 84.8 Å². The van der Waals surface area contributed by atoms with Gasteiger partial charge in [-0.25, -0.2) is 0 Å². The number of para-hydroxylation sites is 1. The summed E-state index contributed by atoms with van der Waals surface area (Å²) in [4.78, 5) is 29.9. The Balaban J connectivity index is 0.00000107. The van der Waals surface area contributed by atoms with Crippen LogP contribution >= 0.6 is 0 Å². The summed E-state index contributed by atoms with van der Waals surface area (Å²) < 4.78 is 1.98. The summed E-state index contributed by atoms with van der Waals surface area (Å²) in [6.07, 6.45) is 7.56. The maximum Gasteiger partial charge on any atom is 0.253 e. The van der Waals surface area contributed by atoms with Crippen molar-refractivity contribution in [3.63, 3.8) is 0 Å². The first-order valence-corrected chi connectivity index (χ1v) is 19.0. The minimum absolute atomic E-state index is 0.000550. The highest BCUT2D eigenvalue weighted by atomic mass is 16.2. The fourth-order valence-corrected chi connectivity index (χ4v) is 6.98. The van der Waals surface area contributed by atoms with Crippen molar-refractivity contribution in [3.05, 3.63) is 114 Å². The first-order valence-electron chi connectivity index (χ1n) is 19.0. The number of hydrogen-bond donors (Lipinski definition) is 2. The zero-order valence-electron chi connectivity index (χ0n) is 32.2. The highest BCUT2D eigenvalue weighted by molar-refractivity contribution is 6.00. The molecule has 1 aromatic heterocycles. The summed E-state index contributed by atoms with van der Waals surface area (Å²) in [7, 11) is 0. The predicted molar refractivity (Wildman–Crippen MR) is 211 cm³/mol. The minimum atomic E-state index is -0.687. The molecular weight excluding hydrogens is 617 g/mol. The summed E-state index contributed by atoms with van der Waals surface area (Å²) >= 11 is 0. The van der Waals surface area contributed by atoms with Crippen LogP contribution in [0.5, 0.6) is 0 Å². The molecule has 0 saturated carbocycles. The van der Waals surface area contributed by atoms with E-state index in [1.807, 2.05) is 94.9 Å². The number of rotatable bonds is 10. The Labute approximate surface area is 302 Å². The van der Waals surface area contributed by atoms with E-state index < -0.39 is 5.41 Å². The smallest absolute Gasteiger partial charge is 0.253 e. The van der Waals surface area contributed by atoms with Crippen molar-refractivity contribution in [1.82, 2.24) is 20.1 Å². The number of fused-ring (bicyclic) bond motifs is 3. The molecule has 6 rings (SSSR count). The Kier molecular flexibility index (Phi) is 15.5. The molecule has 2 heterocycles. The number of nitrogens with zero attached hydrogens (tertiary/aromatic N) is 2. The van der Waals surface area contributed by atoms with Crippen LogP contribution < -0.4 is 10.6 Å². The molecular formula is C44H62N4O2. The predicted octanol–water partition coefficient (Wildman–Crippen LogP) is 9.66. The summed E-state index contributed by atoms with van der Waals surface area (Å²) in [5.41, 5.74) is 5.48. The highest BCUT2D eigenvalue weighted by Crippen LogP contribution is 2.51. The molecule has 6 nitrogen and oxygen atoms in total. The lowest BCUT2D eigenvalue weighted by atomic mass is 9.73. The van der Waals surface area contributed by atoms with Crippen LogP contribution in [0.1, 0.15) is 109 Å². The standard InChI is InChI=1S/C38H44N4O2.3C2H6/c1-37(2,3)27-39-36(44)38(32-17-7-4-14-29(32)30-15-5-8-18-33(30)38)21-10-11-22-41-25-20-28(26-41)40-35(43)31-16-6-9-19-34(31)42-23-12-13-24-42;3*1-2/h4-9,12-19,23-24,28H,10-11,20-22,25-27H2,1-3H3,(H,39,44)(H,40,43);3*1-2H3. The van der Waals surface area contributed by atoms with Crippen molar-refractivity contribution in [1.29, 1.82) is 0 Å². The summed E-state index contributed by atoms with van der Waals surface area (Å²) in [6, 6.07) is 28.7. The second kappa shape index (κ2) is 19.3. The molecule has 1 aliphatic carbocycles. The van der Waals surface area contributed by atoms with Gasteiger partial charge in [0.2, 0.25) is 5.91 Å². The normalized spacial score (nSPS) is 15.5. The lowest BCUT2D eigenvalue weighted by molar-refractivity contribution is -0.126. The zero-order chi connectivity index (χ0) is 36.7. The van der Waals surface area contributed by atoms with Gasteiger partial charge >= 0.3 is 0 Å². The fraction of sp³-hybridized carbons (Fsp3) is 0.455. The lowest BCUT2D eigenvalue weighted by Gasteiger charge is -2.32. The van der Waals surface area contributed by atoms with Gasteiger partial charge in [0.25, 0.3) is 5.91 Å². The van der Waals surface area contributed by atoms with Crippen LogP contribution in [-0.4, -0.2) is 53.5 Å². The maximum absolute atomic E-state index is 14.2. The van der Waals surface area contributed by atoms with E-state index in [-0.39, 0.29) is 23.3 Å². The lowest BCUT2D eigenvalue weighted by Crippen LogP contribution is -2.46. The molecule has 1 aliphatic heterocycles. The van der Waals surface area contributed by atoms with Crippen LogP contribution in [0, 0.1) is 5.41 Å². The second-order valence-corrected chi connectivity index (χ2v) is 13.6. The molecule has 2 N–H and O–H groups in total. The molecule has 3 aromatic carbocycles. The van der Waals surface area contributed by atoms with Crippen LogP contribution in [0.4, 0.5) is 0 Å². The van der Waals surface area contributed by atoms with Crippen LogP contribution in [0.15, 0.2) is 97.3 Å².